The van der Waals surface area contributed by atoms with Crippen LogP contribution < -0.4 is 0 Å². The normalized spacial score (nSPS) is 10.5. The van der Waals surface area contributed by atoms with Gasteiger partial charge in [-0.25, -0.2) is 9.18 Å². The number of rotatable bonds is 4. The summed E-state index contributed by atoms with van der Waals surface area (Å²) in [5.41, 5.74) is 0.612. The molecule has 0 aliphatic heterocycles. The summed E-state index contributed by atoms with van der Waals surface area (Å²) in [6.07, 6.45) is 0.209. The molecule has 0 spiro atoms. The molecule has 100 valence electrons. The molecule has 2 rings (SSSR count). The standard InChI is InChI=1S/C12H10ClFN2O3/c1-2-18-12(17)11-15-10(19-16-11)6-7-3-4-8(13)9(14)5-7/h3-5H,2,6H2,1H3. The van der Waals surface area contributed by atoms with Gasteiger partial charge < -0.3 is 9.26 Å². The molecule has 5 nitrogen and oxygen atoms in total. The number of hydrogen-bond acceptors (Lipinski definition) is 5. The van der Waals surface area contributed by atoms with Crippen molar-refractivity contribution in [2.45, 2.75) is 13.3 Å². The van der Waals surface area contributed by atoms with Crippen molar-refractivity contribution in [1.82, 2.24) is 10.1 Å². The highest BCUT2D eigenvalue weighted by Crippen LogP contribution is 2.17. The summed E-state index contributed by atoms with van der Waals surface area (Å²) in [5, 5.41) is 3.53. The van der Waals surface area contributed by atoms with Gasteiger partial charge in [0.1, 0.15) is 5.82 Å². The minimum Gasteiger partial charge on any atom is -0.460 e. The predicted molar refractivity (Wildman–Crippen MR) is 64.5 cm³/mol. The van der Waals surface area contributed by atoms with Crippen LogP contribution in [0, 0.1) is 5.82 Å². The smallest absolute Gasteiger partial charge is 0.379 e. The molecule has 7 heteroatoms. The van der Waals surface area contributed by atoms with Gasteiger partial charge in [0.2, 0.25) is 5.89 Å². The quantitative estimate of drug-likeness (QED) is 0.808. The van der Waals surface area contributed by atoms with Gasteiger partial charge in [0, 0.05) is 0 Å². The zero-order valence-corrected chi connectivity index (χ0v) is 10.8. The highest BCUT2D eigenvalue weighted by molar-refractivity contribution is 6.30. The van der Waals surface area contributed by atoms with Crippen LogP contribution >= 0.6 is 11.6 Å². The molecule has 0 radical (unpaired) electrons. The molecule has 2 aromatic rings. The Kier molecular flexibility index (Phi) is 4.11. The van der Waals surface area contributed by atoms with Crippen LogP contribution in [0.2, 0.25) is 5.02 Å². The Morgan fingerprint density at radius 2 is 2.32 bits per heavy atom. The van der Waals surface area contributed by atoms with Crippen LogP contribution in [0.3, 0.4) is 0 Å². The van der Waals surface area contributed by atoms with Gasteiger partial charge in [-0.3, -0.25) is 0 Å². The van der Waals surface area contributed by atoms with E-state index < -0.39 is 11.8 Å². The average Bonchev–Trinajstić information content (AvgIpc) is 2.83. The fourth-order valence-electron chi connectivity index (χ4n) is 1.43. The Bertz CT molecular complexity index is 600. The molecular formula is C12H10ClFN2O3. The third kappa shape index (κ3) is 3.29. The number of ether oxygens (including phenoxy) is 1. The second-order valence-corrected chi connectivity index (χ2v) is 4.06. The molecule has 0 atom stereocenters. The lowest BCUT2D eigenvalue weighted by atomic mass is 10.1. The molecule has 1 aromatic carbocycles. The zero-order chi connectivity index (χ0) is 13.8. The second kappa shape index (κ2) is 5.79. The molecule has 1 heterocycles. The maximum Gasteiger partial charge on any atom is 0.379 e. The van der Waals surface area contributed by atoms with Gasteiger partial charge in [0.05, 0.1) is 18.1 Å². The van der Waals surface area contributed by atoms with E-state index in [1.54, 1.807) is 13.0 Å². The van der Waals surface area contributed by atoms with E-state index in [1.165, 1.54) is 12.1 Å². The van der Waals surface area contributed by atoms with Crippen molar-refractivity contribution in [3.63, 3.8) is 0 Å². The van der Waals surface area contributed by atoms with Crippen LogP contribution in [0.25, 0.3) is 0 Å². The van der Waals surface area contributed by atoms with Gasteiger partial charge in [-0.1, -0.05) is 17.7 Å². The summed E-state index contributed by atoms with van der Waals surface area (Å²) < 4.78 is 22.9. The van der Waals surface area contributed by atoms with Crippen LogP contribution in [-0.4, -0.2) is 22.7 Å². The number of hydrogen-bond donors (Lipinski definition) is 0. The molecule has 0 amide bonds. The Hall–Kier alpha value is -1.95. The van der Waals surface area contributed by atoms with E-state index in [4.69, 9.17) is 20.9 Å². The number of esters is 1. The largest absolute Gasteiger partial charge is 0.460 e. The number of carbonyl (C=O) groups is 1. The third-order valence-electron chi connectivity index (χ3n) is 2.27. The summed E-state index contributed by atoms with van der Waals surface area (Å²) in [4.78, 5) is 15.2. The first kappa shape index (κ1) is 13.5. The fraction of sp³-hybridized carbons (Fsp3) is 0.250. The Morgan fingerprint density at radius 3 is 3.00 bits per heavy atom. The van der Waals surface area contributed by atoms with Gasteiger partial charge in [-0.15, -0.1) is 0 Å². The summed E-state index contributed by atoms with van der Waals surface area (Å²) in [6.45, 7) is 1.90. The lowest BCUT2D eigenvalue weighted by molar-refractivity contribution is 0.0508. The number of aromatic nitrogens is 2. The molecular weight excluding hydrogens is 275 g/mol. The molecule has 0 bridgehead atoms. The van der Waals surface area contributed by atoms with Crippen molar-refractivity contribution in [2.24, 2.45) is 0 Å². The summed E-state index contributed by atoms with van der Waals surface area (Å²) in [5.74, 6) is -1.12. The molecule has 1 aromatic heterocycles. The van der Waals surface area contributed by atoms with E-state index in [-0.39, 0.29) is 29.8 Å². The highest BCUT2D eigenvalue weighted by atomic mass is 35.5. The zero-order valence-electron chi connectivity index (χ0n) is 10.0. The van der Waals surface area contributed by atoms with E-state index >= 15 is 0 Å². The maximum absolute atomic E-state index is 13.2. The number of halogens is 2. The van der Waals surface area contributed by atoms with Crippen LogP contribution in [0.5, 0.6) is 0 Å². The topological polar surface area (TPSA) is 65.2 Å². The first-order chi connectivity index (χ1) is 9.10. The molecule has 0 fully saturated rings. The fourth-order valence-corrected chi connectivity index (χ4v) is 1.55. The van der Waals surface area contributed by atoms with Crippen molar-refractivity contribution in [3.8, 4) is 0 Å². The predicted octanol–water partition coefficient (Wildman–Crippen LogP) is 2.63. The van der Waals surface area contributed by atoms with E-state index in [1.807, 2.05) is 0 Å². The minimum atomic E-state index is -0.653. The highest BCUT2D eigenvalue weighted by Gasteiger charge is 2.16. The second-order valence-electron chi connectivity index (χ2n) is 3.66. The van der Waals surface area contributed by atoms with Gasteiger partial charge in [-0.2, -0.15) is 4.98 Å². The van der Waals surface area contributed by atoms with E-state index in [9.17, 15) is 9.18 Å². The molecule has 0 saturated heterocycles. The van der Waals surface area contributed by atoms with Gasteiger partial charge in [-0.05, 0) is 29.8 Å². The number of nitrogens with zero attached hydrogens (tertiary/aromatic N) is 2. The van der Waals surface area contributed by atoms with E-state index in [2.05, 4.69) is 10.1 Å². The third-order valence-corrected chi connectivity index (χ3v) is 2.57. The van der Waals surface area contributed by atoms with Crippen LogP contribution in [-0.2, 0) is 11.2 Å². The first-order valence-corrected chi connectivity index (χ1v) is 5.91. The molecule has 0 unspecified atom stereocenters. The van der Waals surface area contributed by atoms with Crippen molar-refractivity contribution < 1.29 is 18.4 Å². The summed E-state index contributed by atoms with van der Waals surface area (Å²) in [7, 11) is 0. The van der Waals surface area contributed by atoms with E-state index in [0.29, 0.717) is 5.56 Å². The Labute approximate surface area is 113 Å². The summed E-state index contributed by atoms with van der Waals surface area (Å²) in [6, 6.07) is 4.35. The number of carbonyl (C=O) groups excluding carboxylic acids is 1. The molecule has 0 saturated carbocycles. The van der Waals surface area contributed by atoms with Crippen LogP contribution in [0.1, 0.15) is 29.0 Å². The van der Waals surface area contributed by atoms with Crippen molar-refractivity contribution >= 4 is 17.6 Å². The first-order valence-electron chi connectivity index (χ1n) is 5.53. The monoisotopic (exact) mass is 284 g/mol. The van der Waals surface area contributed by atoms with Gasteiger partial charge in [0.15, 0.2) is 0 Å². The Balaban J connectivity index is 2.11. The van der Waals surface area contributed by atoms with E-state index in [0.717, 1.165) is 0 Å². The van der Waals surface area contributed by atoms with Crippen LogP contribution in [0.15, 0.2) is 22.7 Å². The van der Waals surface area contributed by atoms with Gasteiger partial charge >= 0.3 is 5.97 Å². The van der Waals surface area contributed by atoms with Crippen molar-refractivity contribution in [3.05, 3.63) is 46.3 Å². The molecule has 0 aliphatic carbocycles. The Morgan fingerprint density at radius 1 is 1.53 bits per heavy atom. The SMILES string of the molecule is CCOC(=O)c1noc(Cc2ccc(Cl)c(F)c2)n1. The molecule has 0 N–H and O–H groups in total. The maximum atomic E-state index is 13.2. The lowest BCUT2D eigenvalue weighted by Gasteiger charge is -1.98. The van der Waals surface area contributed by atoms with Crippen LogP contribution in [0.4, 0.5) is 4.39 Å². The lowest BCUT2D eigenvalue weighted by Crippen LogP contribution is -2.06. The average molecular weight is 285 g/mol. The summed E-state index contributed by atoms with van der Waals surface area (Å²) >= 11 is 5.58. The minimum absolute atomic E-state index is 0.0430. The van der Waals surface area contributed by atoms with Gasteiger partial charge in [0.25, 0.3) is 5.82 Å². The molecule has 0 aliphatic rings. The van der Waals surface area contributed by atoms with Crippen molar-refractivity contribution in [1.29, 1.82) is 0 Å². The molecule has 19 heavy (non-hydrogen) atoms. The number of benzene rings is 1. The van der Waals surface area contributed by atoms with Crippen molar-refractivity contribution in [2.75, 3.05) is 6.61 Å².